The molecule has 0 amide bonds. The molecule has 21 heavy (non-hydrogen) atoms. The molecule has 0 fully saturated rings. The normalized spacial score (nSPS) is 12.4. The van der Waals surface area contributed by atoms with Crippen LogP contribution in [0.4, 0.5) is 4.39 Å². The number of hydrogen-bond donors (Lipinski definition) is 1. The molecule has 0 aromatic heterocycles. The fraction of sp³-hybridized carbons (Fsp3) is 0.294. The molecule has 0 aliphatic carbocycles. The molecular formula is C17H18BrClFN. The maximum absolute atomic E-state index is 14.0. The fourth-order valence-electron chi connectivity index (χ4n) is 2.38. The lowest BCUT2D eigenvalue weighted by atomic mass is 9.97. The third-order valence-corrected chi connectivity index (χ3v) is 4.37. The smallest absolute Gasteiger partial charge is 0.127 e. The van der Waals surface area contributed by atoms with Crippen molar-refractivity contribution in [2.45, 2.75) is 26.3 Å². The van der Waals surface area contributed by atoms with Crippen LogP contribution in [0, 0.1) is 12.7 Å². The van der Waals surface area contributed by atoms with Crippen LogP contribution in [0.1, 0.15) is 29.7 Å². The van der Waals surface area contributed by atoms with Crippen LogP contribution in [0.5, 0.6) is 0 Å². The first kappa shape index (κ1) is 16.5. The van der Waals surface area contributed by atoms with E-state index in [1.54, 1.807) is 12.1 Å². The summed E-state index contributed by atoms with van der Waals surface area (Å²) in [5, 5.41) is 3.85. The molecule has 0 saturated carbocycles. The first-order valence-corrected chi connectivity index (χ1v) is 8.11. The Hall–Kier alpha value is -0.900. The summed E-state index contributed by atoms with van der Waals surface area (Å²) in [6, 6.07) is 11.1. The summed E-state index contributed by atoms with van der Waals surface area (Å²) >= 11 is 9.40. The van der Waals surface area contributed by atoms with Crippen molar-refractivity contribution in [3.05, 3.63) is 68.4 Å². The average molecular weight is 371 g/mol. The zero-order valence-corrected chi connectivity index (χ0v) is 14.4. The second-order valence-corrected chi connectivity index (χ2v) is 6.37. The van der Waals surface area contributed by atoms with Crippen molar-refractivity contribution < 1.29 is 4.39 Å². The van der Waals surface area contributed by atoms with Crippen LogP contribution in [-0.2, 0) is 6.42 Å². The minimum atomic E-state index is -0.255. The molecule has 0 spiro atoms. The highest BCUT2D eigenvalue weighted by Crippen LogP contribution is 2.28. The Labute approximate surface area is 138 Å². The molecule has 0 heterocycles. The topological polar surface area (TPSA) is 12.0 Å². The predicted molar refractivity (Wildman–Crippen MR) is 90.4 cm³/mol. The van der Waals surface area contributed by atoms with Crippen LogP contribution in [0.2, 0.25) is 5.02 Å². The Bertz CT molecular complexity index is 630. The van der Waals surface area contributed by atoms with E-state index in [1.165, 1.54) is 11.6 Å². The highest BCUT2D eigenvalue weighted by atomic mass is 79.9. The first-order chi connectivity index (χ1) is 10.0. The van der Waals surface area contributed by atoms with E-state index in [9.17, 15) is 4.39 Å². The number of rotatable bonds is 5. The van der Waals surface area contributed by atoms with Gasteiger partial charge in [-0.15, -0.1) is 0 Å². The van der Waals surface area contributed by atoms with Crippen LogP contribution >= 0.6 is 27.5 Å². The number of benzene rings is 2. The number of likely N-dealkylation sites (N-methyl/N-ethyl adjacent to an activating group) is 1. The molecular weight excluding hydrogens is 353 g/mol. The van der Waals surface area contributed by atoms with E-state index in [0.717, 1.165) is 16.6 Å². The van der Waals surface area contributed by atoms with Gasteiger partial charge in [0.1, 0.15) is 5.82 Å². The number of nitrogens with one attached hydrogen (secondary N) is 1. The van der Waals surface area contributed by atoms with Gasteiger partial charge in [-0.1, -0.05) is 58.2 Å². The average Bonchev–Trinajstić information content (AvgIpc) is 2.44. The van der Waals surface area contributed by atoms with Gasteiger partial charge in [0.15, 0.2) is 0 Å². The summed E-state index contributed by atoms with van der Waals surface area (Å²) in [6.45, 7) is 4.93. The Morgan fingerprint density at radius 1 is 1.24 bits per heavy atom. The summed E-state index contributed by atoms with van der Waals surface area (Å²) in [7, 11) is 0. The summed E-state index contributed by atoms with van der Waals surface area (Å²) in [4.78, 5) is 0. The fourth-order valence-corrected chi connectivity index (χ4v) is 3.06. The highest BCUT2D eigenvalue weighted by molar-refractivity contribution is 9.10. The molecule has 4 heteroatoms. The molecule has 0 bridgehead atoms. The third-order valence-electron chi connectivity index (χ3n) is 3.42. The maximum Gasteiger partial charge on any atom is 0.127 e. The monoisotopic (exact) mass is 369 g/mol. The number of hydrogen-bond acceptors (Lipinski definition) is 1. The second-order valence-electron chi connectivity index (χ2n) is 5.08. The second kappa shape index (κ2) is 7.39. The molecule has 0 saturated heterocycles. The Kier molecular flexibility index (Phi) is 5.80. The van der Waals surface area contributed by atoms with Crippen molar-refractivity contribution in [1.82, 2.24) is 5.32 Å². The largest absolute Gasteiger partial charge is 0.310 e. The quantitative estimate of drug-likeness (QED) is 0.738. The number of halogens is 3. The number of aryl methyl sites for hydroxylation is 1. The Balaban J connectivity index is 2.32. The molecule has 1 atom stereocenters. The SMILES string of the molecule is CCNC(Cc1ccc(Cl)cc1F)c1cc(C)ccc1Br. The molecule has 0 aliphatic rings. The van der Waals surface area contributed by atoms with Crippen molar-refractivity contribution in [2.24, 2.45) is 0 Å². The molecule has 1 unspecified atom stereocenters. The van der Waals surface area contributed by atoms with Gasteiger partial charge >= 0.3 is 0 Å². The highest BCUT2D eigenvalue weighted by Gasteiger charge is 2.16. The third kappa shape index (κ3) is 4.29. The lowest BCUT2D eigenvalue weighted by molar-refractivity contribution is 0.526. The summed E-state index contributed by atoms with van der Waals surface area (Å²) in [6.07, 6.45) is 0.582. The van der Waals surface area contributed by atoms with Gasteiger partial charge in [-0.3, -0.25) is 0 Å². The minimum Gasteiger partial charge on any atom is -0.310 e. The van der Waals surface area contributed by atoms with Crippen LogP contribution in [0.3, 0.4) is 0 Å². The predicted octanol–water partition coefficient (Wildman–Crippen LogP) is 5.44. The maximum atomic E-state index is 14.0. The standard InChI is InChI=1S/C17H18BrClFN/c1-3-21-17(14-8-11(2)4-7-15(14)18)9-12-5-6-13(19)10-16(12)20/h4-8,10,17,21H,3,9H2,1-2H3. The van der Waals surface area contributed by atoms with Gasteiger partial charge < -0.3 is 5.32 Å². The Morgan fingerprint density at radius 2 is 2.00 bits per heavy atom. The van der Waals surface area contributed by atoms with Crippen molar-refractivity contribution in [1.29, 1.82) is 0 Å². The lowest BCUT2D eigenvalue weighted by Gasteiger charge is -2.21. The Morgan fingerprint density at radius 3 is 2.67 bits per heavy atom. The van der Waals surface area contributed by atoms with Gasteiger partial charge in [0.05, 0.1) is 0 Å². The van der Waals surface area contributed by atoms with Gasteiger partial charge in [-0.25, -0.2) is 4.39 Å². The molecule has 2 aromatic rings. The van der Waals surface area contributed by atoms with Gasteiger partial charge in [-0.05, 0) is 49.2 Å². The molecule has 112 valence electrons. The molecule has 1 N–H and O–H groups in total. The molecule has 0 radical (unpaired) electrons. The first-order valence-electron chi connectivity index (χ1n) is 6.94. The van der Waals surface area contributed by atoms with Crippen molar-refractivity contribution >= 4 is 27.5 Å². The van der Waals surface area contributed by atoms with Gasteiger partial charge in [0.25, 0.3) is 0 Å². The van der Waals surface area contributed by atoms with Crippen molar-refractivity contribution in [2.75, 3.05) is 6.54 Å². The molecule has 0 aliphatic heterocycles. The van der Waals surface area contributed by atoms with Gasteiger partial charge in [0, 0.05) is 15.5 Å². The van der Waals surface area contributed by atoms with Crippen LogP contribution < -0.4 is 5.32 Å². The van der Waals surface area contributed by atoms with E-state index in [2.05, 4.69) is 47.2 Å². The summed E-state index contributed by atoms with van der Waals surface area (Å²) < 4.78 is 15.1. The van der Waals surface area contributed by atoms with Crippen molar-refractivity contribution in [3.63, 3.8) is 0 Å². The van der Waals surface area contributed by atoms with Crippen LogP contribution in [0.15, 0.2) is 40.9 Å². The van der Waals surface area contributed by atoms with E-state index in [-0.39, 0.29) is 11.9 Å². The van der Waals surface area contributed by atoms with Crippen LogP contribution in [0.25, 0.3) is 0 Å². The molecule has 1 nitrogen and oxygen atoms in total. The van der Waals surface area contributed by atoms with Gasteiger partial charge in [0.2, 0.25) is 0 Å². The molecule has 2 rings (SSSR count). The van der Waals surface area contributed by atoms with E-state index in [0.29, 0.717) is 17.0 Å². The van der Waals surface area contributed by atoms with E-state index in [1.807, 2.05) is 6.07 Å². The van der Waals surface area contributed by atoms with E-state index >= 15 is 0 Å². The van der Waals surface area contributed by atoms with Gasteiger partial charge in [-0.2, -0.15) is 0 Å². The lowest BCUT2D eigenvalue weighted by Crippen LogP contribution is -2.23. The zero-order valence-electron chi connectivity index (χ0n) is 12.1. The van der Waals surface area contributed by atoms with Crippen LogP contribution in [-0.4, -0.2) is 6.54 Å². The summed E-state index contributed by atoms with van der Waals surface area (Å²) in [5.41, 5.74) is 3.00. The molecule has 2 aromatic carbocycles. The van der Waals surface area contributed by atoms with Crippen molar-refractivity contribution in [3.8, 4) is 0 Å². The summed E-state index contributed by atoms with van der Waals surface area (Å²) in [5.74, 6) is -0.255. The van der Waals surface area contributed by atoms with E-state index in [4.69, 9.17) is 11.6 Å². The van der Waals surface area contributed by atoms with E-state index < -0.39 is 0 Å². The zero-order chi connectivity index (χ0) is 15.4. The minimum absolute atomic E-state index is 0.0555.